The Morgan fingerprint density at radius 2 is 1.52 bits per heavy atom. The number of aromatic hydroxyl groups is 1. The van der Waals surface area contributed by atoms with Crippen molar-refractivity contribution < 1.29 is 33.4 Å². The summed E-state index contributed by atoms with van der Waals surface area (Å²) < 4.78 is 19.4. The van der Waals surface area contributed by atoms with E-state index < -0.39 is 52.6 Å². The van der Waals surface area contributed by atoms with Crippen LogP contribution in [0.5, 0.6) is 5.75 Å². The lowest BCUT2D eigenvalue weighted by molar-refractivity contribution is -0.138. The van der Waals surface area contributed by atoms with Gasteiger partial charge in [0.05, 0.1) is 47.8 Å². The molecule has 1 saturated carbocycles. The lowest BCUT2D eigenvalue weighted by atomic mass is 9.49. The molecule has 3 aliphatic heterocycles. The highest BCUT2D eigenvalue weighted by atomic mass is 35.5. The number of fused-ring (bicyclic) bond motifs is 4. The van der Waals surface area contributed by atoms with E-state index >= 15 is 4.79 Å². The molecule has 9 rings (SSSR count). The van der Waals surface area contributed by atoms with Gasteiger partial charge < -0.3 is 14.7 Å². The van der Waals surface area contributed by atoms with Crippen LogP contribution in [0, 0.1) is 29.5 Å². The molecule has 0 bridgehead atoms. The van der Waals surface area contributed by atoms with E-state index in [0.717, 1.165) is 29.4 Å². The molecule has 4 aromatic rings. The number of hydrazine groups is 1. The van der Waals surface area contributed by atoms with Gasteiger partial charge in [0, 0.05) is 29.7 Å². The lowest BCUT2D eigenvalue weighted by Crippen LogP contribution is -2.53. The van der Waals surface area contributed by atoms with Crippen molar-refractivity contribution in [1.29, 1.82) is 0 Å². The van der Waals surface area contributed by atoms with Crippen LogP contribution in [0.1, 0.15) is 29.9 Å². The van der Waals surface area contributed by atoms with E-state index in [4.69, 9.17) is 16.3 Å². The van der Waals surface area contributed by atoms with Gasteiger partial charge in [-0.15, -0.1) is 0 Å². The maximum atomic E-state index is 15.2. The van der Waals surface area contributed by atoms with Gasteiger partial charge in [0.1, 0.15) is 11.6 Å². The fourth-order valence-corrected chi connectivity index (χ4v) is 9.75. The van der Waals surface area contributed by atoms with Crippen LogP contribution in [0.25, 0.3) is 0 Å². The van der Waals surface area contributed by atoms with Gasteiger partial charge in [-0.2, -0.15) is 5.01 Å². The van der Waals surface area contributed by atoms with Gasteiger partial charge >= 0.3 is 0 Å². The normalized spacial score (nSPS) is 27.8. The van der Waals surface area contributed by atoms with Crippen molar-refractivity contribution in [2.75, 3.05) is 41.5 Å². The van der Waals surface area contributed by atoms with Gasteiger partial charge in [0.25, 0.3) is 11.8 Å². The van der Waals surface area contributed by atoms with Crippen LogP contribution in [0.3, 0.4) is 0 Å². The number of benzene rings is 4. The molecule has 12 heteroatoms. The first-order chi connectivity index (χ1) is 26.2. The molecule has 4 fully saturated rings. The number of nitrogens with one attached hydrogen (secondary N) is 1. The second-order valence-electron chi connectivity index (χ2n) is 14.6. The number of carbonyl (C=O) groups excluding carboxylic acids is 4. The van der Waals surface area contributed by atoms with E-state index in [0.29, 0.717) is 40.7 Å². The predicted octanol–water partition coefficient (Wildman–Crippen LogP) is 6.21. The van der Waals surface area contributed by atoms with Crippen molar-refractivity contribution in [1.82, 2.24) is 5.01 Å². The molecule has 4 aromatic carbocycles. The molecule has 0 radical (unpaired) electrons. The van der Waals surface area contributed by atoms with Crippen molar-refractivity contribution >= 4 is 52.3 Å². The average molecular weight is 747 g/mol. The number of imide groups is 2. The van der Waals surface area contributed by atoms with Gasteiger partial charge in [0.15, 0.2) is 0 Å². The number of phenols is 1. The Balaban J connectivity index is 1.15. The number of halogens is 2. The molecule has 2 N–H and O–H groups in total. The zero-order valence-electron chi connectivity index (χ0n) is 29.0. The average Bonchev–Trinajstić information content (AvgIpc) is 3.57. The highest BCUT2D eigenvalue weighted by molar-refractivity contribution is 6.30. The first-order valence-electron chi connectivity index (χ1n) is 18.1. The third-order valence-corrected chi connectivity index (χ3v) is 12.2. The summed E-state index contributed by atoms with van der Waals surface area (Å²) in [5.41, 5.74) is 5.11. The Hall–Kier alpha value is -5.52. The third-order valence-electron chi connectivity index (χ3n) is 11.9. The van der Waals surface area contributed by atoms with E-state index in [-0.39, 0.29) is 30.4 Å². The maximum Gasteiger partial charge on any atom is 0.260 e. The highest BCUT2D eigenvalue weighted by Gasteiger charge is 2.70. The number of phenolic OH excluding ortho intramolecular Hbond substituents is 1. The van der Waals surface area contributed by atoms with Crippen molar-refractivity contribution in [2.24, 2.45) is 23.7 Å². The molecule has 5 aliphatic rings. The zero-order valence-corrected chi connectivity index (χ0v) is 29.8. The summed E-state index contributed by atoms with van der Waals surface area (Å²) in [5.74, 6) is -5.98. The number of hydrogen-bond donors (Lipinski definition) is 2. The fraction of sp³-hybridized carbons (Fsp3) is 0.286. The van der Waals surface area contributed by atoms with E-state index in [9.17, 15) is 23.9 Å². The molecule has 6 unspecified atom stereocenters. The summed E-state index contributed by atoms with van der Waals surface area (Å²) >= 11 is 6.36. The summed E-state index contributed by atoms with van der Waals surface area (Å²) in [6, 6.07) is 26.2. The number of morpholine rings is 1. The minimum absolute atomic E-state index is 0.0244. The zero-order chi connectivity index (χ0) is 37.3. The SMILES string of the molecule is O=C1C2CC3C(=CCC4C(=O)N(c5ccc(N6CCOCC6)cc5)C(=O)C43)C(c3cccc(O)c3)C2(c2ccc(Cl)cc2)C(=O)N1Nc1ccc(F)cc1. The van der Waals surface area contributed by atoms with Crippen LogP contribution >= 0.6 is 11.6 Å². The van der Waals surface area contributed by atoms with Gasteiger partial charge in [-0.05, 0) is 103 Å². The molecule has 3 saturated heterocycles. The second-order valence-corrected chi connectivity index (χ2v) is 15.0. The van der Waals surface area contributed by atoms with Gasteiger partial charge in [0.2, 0.25) is 11.8 Å². The van der Waals surface area contributed by atoms with Gasteiger partial charge in [-0.25, -0.2) is 4.39 Å². The first kappa shape index (κ1) is 34.3. The highest BCUT2D eigenvalue weighted by Crippen LogP contribution is 2.64. The number of rotatable bonds is 6. The summed E-state index contributed by atoms with van der Waals surface area (Å²) in [5, 5.41) is 12.2. The van der Waals surface area contributed by atoms with E-state index in [1.807, 2.05) is 24.3 Å². The van der Waals surface area contributed by atoms with Crippen molar-refractivity contribution in [2.45, 2.75) is 24.2 Å². The number of ether oxygens (including phenoxy) is 1. The second kappa shape index (κ2) is 13.1. The number of allylic oxidation sites excluding steroid dienone is 2. The van der Waals surface area contributed by atoms with Gasteiger partial charge in [-0.3, -0.25) is 29.5 Å². The van der Waals surface area contributed by atoms with Crippen molar-refractivity contribution in [3.05, 3.63) is 131 Å². The van der Waals surface area contributed by atoms with Gasteiger partial charge in [-0.1, -0.05) is 47.5 Å². The minimum Gasteiger partial charge on any atom is -0.508 e. The van der Waals surface area contributed by atoms with Crippen LogP contribution in [0.2, 0.25) is 5.02 Å². The standard InChI is InChI=1S/C42H36ClFN4O6/c43-26-6-4-25(5-7-26)42-35(39(51)48(41(42)53)45-28-10-8-27(44)9-11-28)23-34-32(37(42)24-2-1-3-31(49)22-24)16-17-33-36(34)40(52)47(38(33)50)30-14-12-29(13-15-30)46-18-20-54-21-19-46/h1-16,22,33-37,45,49H,17-21,23H2. The molecule has 2 aliphatic carbocycles. The number of nitrogens with zero attached hydrogens (tertiary/aromatic N) is 3. The predicted molar refractivity (Wildman–Crippen MR) is 199 cm³/mol. The van der Waals surface area contributed by atoms with Crippen LogP contribution in [0.4, 0.5) is 21.5 Å². The summed E-state index contributed by atoms with van der Waals surface area (Å²) in [6.45, 7) is 2.75. The maximum absolute atomic E-state index is 15.2. The molecule has 3 heterocycles. The van der Waals surface area contributed by atoms with Crippen molar-refractivity contribution in [3.63, 3.8) is 0 Å². The van der Waals surface area contributed by atoms with Crippen LogP contribution in [-0.2, 0) is 29.3 Å². The van der Waals surface area contributed by atoms with E-state index in [1.54, 1.807) is 48.5 Å². The lowest BCUT2D eigenvalue weighted by Gasteiger charge is -2.50. The Labute approximate surface area is 315 Å². The largest absolute Gasteiger partial charge is 0.508 e. The number of amides is 4. The first-order valence-corrected chi connectivity index (χ1v) is 18.5. The molecule has 0 aromatic heterocycles. The fourth-order valence-electron chi connectivity index (χ4n) is 9.62. The summed E-state index contributed by atoms with van der Waals surface area (Å²) in [7, 11) is 0. The molecule has 274 valence electrons. The number of carbonyl (C=O) groups is 4. The molecule has 54 heavy (non-hydrogen) atoms. The van der Waals surface area contributed by atoms with Crippen LogP contribution in [0.15, 0.2) is 109 Å². The minimum atomic E-state index is -1.53. The Morgan fingerprint density at radius 1 is 0.815 bits per heavy atom. The Bertz CT molecular complexity index is 2210. The summed E-state index contributed by atoms with van der Waals surface area (Å²) in [4.78, 5) is 62.3. The third kappa shape index (κ3) is 5.24. The Kier molecular flexibility index (Phi) is 8.31. The molecular weight excluding hydrogens is 711 g/mol. The quantitative estimate of drug-likeness (QED) is 0.177. The van der Waals surface area contributed by atoms with Crippen LogP contribution < -0.4 is 15.2 Å². The topological polar surface area (TPSA) is 119 Å². The smallest absolute Gasteiger partial charge is 0.260 e. The monoisotopic (exact) mass is 746 g/mol. The summed E-state index contributed by atoms with van der Waals surface area (Å²) in [6.07, 6.45) is 2.35. The Morgan fingerprint density at radius 3 is 2.22 bits per heavy atom. The molecular formula is C42H36ClFN4O6. The van der Waals surface area contributed by atoms with E-state index in [2.05, 4.69) is 10.3 Å². The van der Waals surface area contributed by atoms with Crippen molar-refractivity contribution in [3.8, 4) is 5.75 Å². The molecule has 6 atom stereocenters. The van der Waals surface area contributed by atoms with Crippen LogP contribution in [-0.4, -0.2) is 60.0 Å². The van der Waals surface area contributed by atoms with E-state index in [1.165, 1.54) is 35.2 Å². The molecule has 0 spiro atoms. The molecule has 10 nitrogen and oxygen atoms in total. The number of hydrogen-bond acceptors (Lipinski definition) is 8. The molecule has 4 amide bonds. The number of anilines is 3.